The molecule has 1 aliphatic carbocycles. The van der Waals surface area contributed by atoms with E-state index < -0.39 is 0 Å². The first-order chi connectivity index (χ1) is 26.0. The third-order valence-electron chi connectivity index (χ3n) is 11.1. The van der Waals surface area contributed by atoms with Crippen LogP contribution in [0.1, 0.15) is 25.0 Å². The number of fused-ring (bicyclic) bond motifs is 9. The smallest absolute Gasteiger partial charge is 0.238 e. The minimum absolute atomic E-state index is 0.115. The van der Waals surface area contributed by atoms with Crippen molar-refractivity contribution in [2.24, 2.45) is 0 Å². The fourth-order valence-corrected chi connectivity index (χ4v) is 8.52. The number of para-hydroxylation sites is 2. The molecule has 3 aromatic heterocycles. The lowest BCUT2D eigenvalue weighted by atomic mass is 9.82. The molecule has 0 fully saturated rings. The second-order valence-electron chi connectivity index (χ2n) is 14.4. The summed E-state index contributed by atoms with van der Waals surface area (Å²) in [4.78, 5) is 15.7. The van der Waals surface area contributed by atoms with Gasteiger partial charge in [0, 0.05) is 38.1 Å². The van der Waals surface area contributed by atoms with E-state index in [1.807, 2.05) is 36.4 Å². The molecule has 250 valence electrons. The molecule has 3 heterocycles. The van der Waals surface area contributed by atoms with E-state index in [2.05, 4.69) is 140 Å². The lowest BCUT2D eigenvalue weighted by Crippen LogP contribution is -2.14. The van der Waals surface area contributed by atoms with Crippen molar-refractivity contribution in [3.05, 3.63) is 169 Å². The molecule has 53 heavy (non-hydrogen) atoms. The van der Waals surface area contributed by atoms with Gasteiger partial charge in [-0.3, -0.25) is 4.57 Å². The third-order valence-corrected chi connectivity index (χ3v) is 11.1. The van der Waals surface area contributed by atoms with Crippen molar-refractivity contribution in [1.29, 1.82) is 0 Å². The monoisotopic (exact) mass is 680 g/mol. The minimum atomic E-state index is -0.115. The zero-order valence-corrected chi connectivity index (χ0v) is 29.2. The van der Waals surface area contributed by atoms with Crippen molar-refractivity contribution < 1.29 is 4.42 Å². The van der Waals surface area contributed by atoms with Crippen molar-refractivity contribution in [1.82, 2.24) is 19.5 Å². The molecule has 0 unspecified atom stereocenters. The predicted molar refractivity (Wildman–Crippen MR) is 215 cm³/mol. The average molecular weight is 681 g/mol. The largest absolute Gasteiger partial charge is 0.456 e. The van der Waals surface area contributed by atoms with Crippen LogP contribution >= 0.6 is 0 Å². The topological polar surface area (TPSA) is 56.7 Å². The van der Waals surface area contributed by atoms with E-state index in [0.717, 1.165) is 60.6 Å². The van der Waals surface area contributed by atoms with E-state index in [1.165, 1.54) is 27.6 Å². The summed E-state index contributed by atoms with van der Waals surface area (Å²) in [5, 5.41) is 4.50. The highest BCUT2D eigenvalue weighted by atomic mass is 16.3. The van der Waals surface area contributed by atoms with Gasteiger partial charge in [0.05, 0.1) is 11.0 Å². The summed E-state index contributed by atoms with van der Waals surface area (Å²) < 4.78 is 8.74. The molecule has 1 aliphatic rings. The zero-order valence-electron chi connectivity index (χ0n) is 29.2. The summed E-state index contributed by atoms with van der Waals surface area (Å²) in [6, 6.07) is 55.2. The Morgan fingerprint density at radius 2 is 1.11 bits per heavy atom. The van der Waals surface area contributed by atoms with Crippen molar-refractivity contribution in [2.75, 3.05) is 0 Å². The Bertz CT molecular complexity index is 3080. The molecule has 7 aromatic carbocycles. The second kappa shape index (κ2) is 11.1. The number of furan rings is 1. The van der Waals surface area contributed by atoms with E-state index in [-0.39, 0.29) is 5.41 Å². The molecule has 0 saturated heterocycles. The Hall–Kier alpha value is -6.85. The van der Waals surface area contributed by atoms with Crippen LogP contribution in [0, 0.1) is 0 Å². The van der Waals surface area contributed by atoms with E-state index in [9.17, 15) is 0 Å². The van der Waals surface area contributed by atoms with Crippen molar-refractivity contribution >= 4 is 43.7 Å². The van der Waals surface area contributed by atoms with E-state index in [0.29, 0.717) is 17.6 Å². The molecule has 0 aliphatic heterocycles. The third kappa shape index (κ3) is 4.40. The fraction of sp³-hybridized carbons (Fsp3) is 0.0625. The molecule has 5 heteroatoms. The van der Waals surface area contributed by atoms with Gasteiger partial charge in [0.15, 0.2) is 11.6 Å². The summed E-state index contributed by atoms with van der Waals surface area (Å²) >= 11 is 0. The normalized spacial score (nSPS) is 13.2. The molecule has 0 N–H and O–H groups in total. The molecule has 0 atom stereocenters. The van der Waals surface area contributed by atoms with Crippen LogP contribution in [0.3, 0.4) is 0 Å². The molecule has 0 amide bonds. The number of hydrogen-bond acceptors (Lipinski definition) is 4. The number of rotatable bonds is 4. The molecule has 0 bridgehead atoms. The van der Waals surface area contributed by atoms with Gasteiger partial charge in [-0.05, 0) is 69.8 Å². The quantitative estimate of drug-likeness (QED) is 0.186. The standard InChI is InChI=1S/C48H32N4O/c1-48(2)38-22-12-9-19-32(38)36-28-41-37(27-39(36)48)33-20-10-13-23-40(33)52(41)47-50-45(30-17-7-4-8-18-30)49-46(51-47)31-25-35(29-15-5-3-6-16-29)44-34-21-11-14-24-42(34)53-43(44)26-31/h3-28H,1-2H3. The first-order valence-electron chi connectivity index (χ1n) is 18.0. The Morgan fingerprint density at radius 3 is 1.92 bits per heavy atom. The fourth-order valence-electron chi connectivity index (χ4n) is 8.52. The Kier molecular flexibility index (Phi) is 6.23. The van der Waals surface area contributed by atoms with E-state index in [4.69, 9.17) is 19.4 Å². The molecule has 5 nitrogen and oxygen atoms in total. The van der Waals surface area contributed by atoms with Gasteiger partial charge in [0.2, 0.25) is 5.95 Å². The minimum Gasteiger partial charge on any atom is -0.456 e. The molecule has 0 saturated carbocycles. The van der Waals surface area contributed by atoms with Crippen LogP contribution in [0.15, 0.2) is 162 Å². The van der Waals surface area contributed by atoms with Gasteiger partial charge in [-0.2, -0.15) is 9.97 Å². The van der Waals surface area contributed by atoms with Crippen molar-refractivity contribution in [3.63, 3.8) is 0 Å². The lowest BCUT2D eigenvalue weighted by molar-refractivity contribution is 0.661. The summed E-state index contributed by atoms with van der Waals surface area (Å²) in [6.07, 6.45) is 0. The molecular weight excluding hydrogens is 649 g/mol. The number of hydrogen-bond donors (Lipinski definition) is 0. The Balaban J connectivity index is 1.22. The van der Waals surface area contributed by atoms with Gasteiger partial charge >= 0.3 is 0 Å². The summed E-state index contributed by atoms with van der Waals surface area (Å²) in [7, 11) is 0. The van der Waals surface area contributed by atoms with Gasteiger partial charge in [-0.15, -0.1) is 0 Å². The van der Waals surface area contributed by atoms with Crippen LogP contribution in [-0.4, -0.2) is 19.5 Å². The molecular formula is C48H32N4O. The highest BCUT2D eigenvalue weighted by Gasteiger charge is 2.36. The first-order valence-corrected chi connectivity index (χ1v) is 18.0. The van der Waals surface area contributed by atoms with Crippen LogP contribution in [0.2, 0.25) is 0 Å². The second-order valence-corrected chi connectivity index (χ2v) is 14.4. The first kappa shape index (κ1) is 29.8. The van der Waals surface area contributed by atoms with Crippen LogP contribution < -0.4 is 0 Å². The number of nitrogens with zero attached hydrogens (tertiary/aromatic N) is 4. The van der Waals surface area contributed by atoms with E-state index >= 15 is 0 Å². The van der Waals surface area contributed by atoms with Gasteiger partial charge in [-0.1, -0.05) is 135 Å². The predicted octanol–water partition coefficient (Wildman–Crippen LogP) is 12.2. The van der Waals surface area contributed by atoms with Gasteiger partial charge < -0.3 is 4.42 Å². The molecule has 11 rings (SSSR count). The summed E-state index contributed by atoms with van der Waals surface area (Å²) in [6.45, 7) is 4.66. The van der Waals surface area contributed by atoms with Crippen LogP contribution in [0.4, 0.5) is 0 Å². The highest BCUT2D eigenvalue weighted by Crippen LogP contribution is 2.51. The lowest BCUT2D eigenvalue weighted by Gasteiger charge is -2.21. The van der Waals surface area contributed by atoms with Gasteiger partial charge in [0.25, 0.3) is 0 Å². The average Bonchev–Trinajstić information content (AvgIpc) is 3.82. The SMILES string of the molecule is CC1(C)c2ccccc2-c2cc3c(cc21)c1ccccc1n3-c1nc(-c2ccccc2)nc(-c2cc(-c3ccccc3)c3c(c2)oc2ccccc23)n1. The van der Waals surface area contributed by atoms with E-state index in [1.54, 1.807) is 0 Å². The summed E-state index contributed by atoms with van der Waals surface area (Å²) in [5.41, 5.74) is 12.8. The maximum atomic E-state index is 6.52. The van der Waals surface area contributed by atoms with Crippen LogP contribution in [0.5, 0.6) is 0 Å². The molecule has 10 aromatic rings. The van der Waals surface area contributed by atoms with Gasteiger partial charge in [0.1, 0.15) is 11.2 Å². The van der Waals surface area contributed by atoms with Crippen LogP contribution in [0.25, 0.3) is 94.7 Å². The maximum Gasteiger partial charge on any atom is 0.238 e. The summed E-state index contributed by atoms with van der Waals surface area (Å²) in [5.74, 6) is 1.75. The molecule has 0 radical (unpaired) electrons. The Morgan fingerprint density at radius 1 is 0.453 bits per heavy atom. The molecule has 0 spiro atoms. The maximum absolute atomic E-state index is 6.52. The zero-order chi connectivity index (χ0) is 35.3. The number of aromatic nitrogens is 4. The van der Waals surface area contributed by atoms with Crippen molar-refractivity contribution in [2.45, 2.75) is 19.3 Å². The highest BCUT2D eigenvalue weighted by molar-refractivity contribution is 6.14. The van der Waals surface area contributed by atoms with Crippen LogP contribution in [-0.2, 0) is 5.41 Å². The van der Waals surface area contributed by atoms with Gasteiger partial charge in [-0.25, -0.2) is 4.98 Å². The Labute approximate surface area is 305 Å². The number of benzene rings is 7. The van der Waals surface area contributed by atoms with Crippen molar-refractivity contribution in [3.8, 4) is 51.0 Å².